The van der Waals surface area contributed by atoms with Crippen LogP contribution in [0.5, 0.6) is 46.0 Å². The van der Waals surface area contributed by atoms with Crippen LogP contribution in [0.1, 0.15) is 99.6 Å². The Morgan fingerprint density at radius 2 is 0.725 bits per heavy atom. The first kappa shape index (κ1) is 83.3. The molecule has 558 valence electrons. The summed E-state index contributed by atoms with van der Waals surface area (Å²) in [5, 5.41) is 60.8. The molecule has 0 saturated carbocycles. The van der Waals surface area contributed by atoms with Crippen LogP contribution in [0.25, 0.3) is 0 Å². The standard InChI is InChI=1S/C66H88N10O26/c1-11-13-47(43-67)15-21-51(69(3)29-27-45-17-23-53(89-5)57(39-45)93-9)49-19-25-55(91-7)59(41-49)99-65(61(77)71(31-35-95-73(81)82)32-36-96-74(83)84)101-63(79)64(80)102-66(62(78)72(33-37-97-75(85)86)34-38-98-76(87)88)100-60-42-50(20-26-56(60)92-8)52(22-16-48(44-68)14-12-2)70(4)30-28-46-18-24-54(90-6)58(40-46)94-10/h17-20,23-26,39-42,47-48,51-52,65-66H,11-16,21-22,27-38H2,1-10H3. The summed E-state index contributed by atoms with van der Waals surface area (Å²) in [6.45, 7) is -1.87. The molecule has 6 atom stereocenters. The van der Waals surface area contributed by atoms with Gasteiger partial charge >= 0.3 is 36.3 Å². The number of hydrogen-bond donors (Lipinski definition) is 0. The van der Waals surface area contributed by atoms with Crippen molar-refractivity contribution in [1.82, 2.24) is 19.6 Å². The molecular formula is C66H88N10O26. The van der Waals surface area contributed by atoms with Gasteiger partial charge in [-0.05, 0) is 136 Å². The number of carbonyl (C=O) groups excluding carboxylic acids is 4. The van der Waals surface area contributed by atoms with Crippen LogP contribution in [0.3, 0.4) is 0 Å². The largest absolute Gasteiger partial charge is 0.493 e. The molecule has 0 heterocycles. The topological polar surface area (TPSA) is 431 Å². The normalized spacial score (nSPS) is 12.6. The second-order valence-corrected chi connectivity index (χ2v) is 22.7. The van der Waals surface area contributed by atoms with Crippen molar-refractivity contribution in [3.8, 4) is 58.1 Å². The molecule has 0 radical (unpaired) electrons. The zero-order chi connectivity index (χ0) is 75.3. The van der Waals surface area contributed by atoms with Crippen molar-refractivity contribution in [1.29, 1.82) is 10.5 Å². The summed E-state index contributed by atoms with van der Waals surface area (Å²) in [7, 11) is 12.2. The minimum Gasteiger partial charge on any atom is -0.493 e. The highest BCUT2D eigenvalue weighted by Crippen LogP contribution is 2.39. The van der Waals surface area contributed by atoms with Gasteiger partial charge < -0.3 is 76.5 Å². The third-order valence-corrected chi connectivity index (χ3v) is 16.1. The third-order valence-electron chi connectivity index (χ3n) is 16.1. The van der Waals surface area contributed by atoms with Crippen molar-refractivity contribution in [3.05, 3.63) is 136 Å². The maximum Gasteiger partial charge on any atom is 0.421 e. The molecule has 4 aromatic carbocycles. The Morgan fingerprint density at radius 1 is 0.422 bits per heavy atom. The smallest absolute Gasteiger partial charge is 0.421 e. The van der Waals surface area contributed by atoms with Crippen LogP contribution < -0.4 is 37.9 Å². The van der Waals surface area contributed by atoms with Gasteiger partial charge in [-0.15, -0.1) is 40.5 Å². The number of nitrogens with zero attached hydrogens (tertiary/aromatic N) is 10. The van der Waals surface area contributed by atoms with Gasteiger partial charge in [0.25, 0.3) is 20.3 Å². The van der Waals surface area contributed by atoms with E-state index in [9.17, 15) is 70.2 Å². The van der Waals surface area contributed by atoms with Crippen LogP contribution in [0.2, 0.25) is 0 Å². The van der Waals surface area contributed by atoms with E-state index >= 15 is 0 Å². The number of benzene rings is 4. The molecule has 0 aliphatic carbocycles. The molecule has 0 spiro atoms. The third kappa shape index (κ3) is 27.2. The van der Waals surface area contributed by atoms with E-state index in [1.807, 2.05) is 62.0 Å². The lowest BCUT2D eigenvalue weighted by Gasteiger charge is -2.31. The predicted molar refractivity (Wildman–Crippen MR) is 356 cm³/mol. The first-order chi connectivity index (χ1) is 48.9. The van der Waals surface area contributed by atoms with Gasteiger partial charge in [-0.3, -0.25) is 19.4 Å². The number of hydrogen-bond acceptors (Lipinski definition) is 30. The van der Waals surface area contributed by atoms with Crippen molar-refractivity contribution in [2.24, 2.45) is 11.8 Å². The Hall–Kier alpha value is -11.1. The van der Waals surface area contributed by atoms with Crippen molar-refractivity contribution in [2.75, 3.05) is 122 Å². The molecule has 0 aromatic heterocycles. The fraction of sp³-hybridized carbons (Fsp3) is 0.545. The zero-order valence-corrected chi connectivity index (χ0v) is 58.6. The van der Waals surface area contributed by atoms with Gasteiger partial charge in [0, 0.05) is 63.2 Å². The average Bonchev–Trinajstić information content (AvgIpc) is 0.837. The number of ether oxygens (including phenoxy) is 10. The molecule has 0 fully saturated rings. The summed E-state index contributed by atoms with van der Waals surface area (Å²) in [4.78, 5) is 127. The molecular weight excluding hydrogens is 1350 g/mol. The van der Waals surface area contributed by atoms with E-state index in [1.54, 1.807) is 24.3 Å². The van der Waals surface area contributed by atoms with Crippen molar-refractivity contribution < 1.29 is 106 Å². The fourth-order valence-electron chi connectivity index (χ4n) is 10.9. The van der Waals surface area contributed by atoms with E-state index < -0.39 is 121 Å². The fourth-order valence-corrected chi connectivity index (χ4v) is 10.9. The first-order valence-corrected chi connectivity index (χ1v) is 32.3. The van der Waals surface area contributed by atoms with E-state index in [0.29, 0.717) is 108 Å². The number of esters is 2. The molecule has 0 aliphatic heterocycles. The quantitative estimate of drug-likeness (QED) is 0.0137. The van der Waals surface area contributed by atoms with Crippen LogP contribution in [0.4, 0.5) is 0 Å². The lowest BCUT2D eigenvalue weighted by atomic mass is 9.92. The number of rotatable bonds is 50. The van der Waals surface area contributed by atoms with Gasteiger partial charge in [-0.25, -0.2) is 9.59 Å². The minimum atomic E-state index is -2.67. The van der Waals surface area contributed by atoms with Crippen LogP contribution in [-0.2, 0) is 60.8 Å². The SMILES string of the molecule is CCCC(C#N)CCC(c1ccc(OC)c(OC(OC(=O)C(=O)OC(Oc2cc(C(CCC(C#N)CCC)N(C)CCc3ccc(OC)c(OC)c3)ccc2OC)C(=O)N(CCO[N+](=O)[O-])CCO[N+](=O)[O-])C(=O)N(CCO[N+](=O)[O-])CCO[N+](=O)[O-])c1)N(C)CCc1ccc(OC)c(OC)c1. The molecule has 2 amide bonds. The lowest BCUT2D eigenvalue weighted by molar-refractivity contribution is -0.758. The molecule has 36 heteroatoms. The summed E-state index contributed by atoms with van der Waals surface area (Å²) in [5.41, 5.74) is 2.75. The molecule has 6 unspecified atom stereocenters. The molecule has 4 aromatic rings. The molecule has 0 N–H and O–H groups in total. The van der Waals surface area contributed by atoms with Crippen LogP contribution in [-0.4, -0.2) is 199 Å². The monoisotopic (exact) mass is 1440 g/mol. The van der Waals surface area contributed by atoms with Crippen LogP contribution in [0, 0.1) is 75.0 Å². The Kier molecular flexibility index (Phi) is 36.0. The lowest BCUT2D eigenvalue weighted by Crippen LogP contribution is -2.49. The average molecular weight is 1440 g/mol. The highest BCUT2D eigenvalue weighted by atomic mass is 17.0. The van der Waals surface area contributed by atoms with E-state index in [4.69, 9.17) is 47.4 Å². The number of amides is 2. The molecule has 102 heavy (non-hydrogen) atoms. The Balaban J connectivity index is 1.91. The Labute approximate surface area is 588 Å². The van der Waals surface area contributed by atoms with Crippen LogP contribution in [0.15, 0.2) is 72.8 Å². The van der Waals surface area contributed by atoms with Gasteiger partial charge in [0.2, 0.25) is 0 Å². The Bertz CT molecular complexity index is 3220. The molecule has 36 nitrogen and oxygen atoms in total. The minimum absolute atomic E-state index is 0.114. The maximum absolute atomic E-state index is 14.9. The second kappa shape index (κ2) is 44.1. The van der Waals surface area contributed by atoms with Gasteiger partial charge in [0.15, 0.2) is 46.0 Å². The number of nitriles is 2. The summed E-state index contributed by atoms with van der Waals surface area (Å²) in [6, 6.07) is 23.7. The van der Waals surface area contributed by atoms with E-state index in [0.717, 1.165) is 24.0 Å². The number of methoxy groups -OCH3 is 6. The molecule has 4 rings (SSSR count). The van der Waals surface area contributed by atoms with Crippen LogP contribution >= 0.6 is 0 Å². The zero-order valence-electron chi connectivity index (χ0n) is 58.6. The summed E-state index contributed by atoms with van der Waals surface area (Å²) >= 11 is 0. The summed E-state index contributed by atoms with van der Waals surface area (Å²) in [6.07, 6.45) is -0.184. The van der Waals surface area contributed by atoms with Gasteiger partial charge in [0.05, 0.1) is 54.8 Å². The summed E-state index contributed by atoms with van der Waals surface area (Å²) in [5.74, 6) is -6.71. The summed E-state index contributed by atoms with van der Waals surface area (Å²) < 4.78 is 56.6. The predicted octanol–water partition coefficient (Wildman–Crippen LogP) is 7.30. The van der Waals surface area contributed by atoms with E-state index in [1.165, 1.54) is 66.9 Å². The van der Waals surface area contributed by atoms with Crippen molar-refractivity contribution in [2.45, 2.75) is 103 Å². The Morgan fingerprint density at radius 3 is 1.01 bits per heavy atom. The number of carbonyl (C=O) groups is 4. The molecule has 0 saturated heterocycles. The van der Waals surface area contributed by atoms with Crippen molar-refractivity contribution in [3.63, 3.8) is 0 Å². The van der Waals surface area contributed by atoms with Gasteiger partial charge in [-0.2, -0.15) is 10.5 Å². The molecule has 0 bridgehead atoms. The highest BCUT2D eigenvalue weighted by Gasteiger charge is 2.39. The highest BCUT2D eigenvalue weighted by molar-refractivity contribution is 6.30. The van der Waals surface area contributed by atoms with Gasteiger partial charge in [-0.1, -0.05) is 51.0 Å². The molecule has 0 aliphatic rings. The van der Waals surface area contributed by atoms with Crippen molar-refractivity contribution >= 4 is 23.8 Å². The second-order valence-electron chi connectivity index (χ2n) is 22.7. The van der Waals surface area contributed by atoms with E-state index in [2.05, 4.69) is 31.5 Å². The maximum atomic E-state index is 14.9. The van der Waals surface area contributed by atoms with E-state index in [-0.39, 0.29) is 34.8 Å². The van der Waals surface area contributed by atoms with Gasteiger partial charge in [0.1, 0.15) is 26.4 Å². The first-order valence-electron chi connectivity index (χ1n) is 32.3. The number of likely N-dealkylation sites (N-methyl/N-ethyl adjacent to an activating group) is 2.